The van der Waals surface area contributed by atoms with Crippen molar-refractivity contribution in [1.29, 1.82) is 0 Å². The minimum atomic E-state index is 0.538. The van der Waals surface area contributed by atoms with Gasteiger partial charge in [-0.2, -0.15) is 0 Å². The molecule has 0 spiro atoms. The summed E-state index contributed by atoms with van der Waals surface area (Å²) in [4.78, 5) is 16.1. The third-order valence-electron chi connectivity index (χ3n) is 17.6. The number of fused-ring (bicyclic) bond motifs is 12. The predicted octanol–water partition coefficient (Wildman–Crippen LogP) is 21.5. The van der Waals surface area contributed by atoms with Crippen molar-refractivity contribution in [3.05, 3.63) is 297 Å². The quantitative estimate of drug-likeness (QED) is 0.144. The van der Waals surface area contributed by atoms with Crippen LogP contribution in [0.1, 0.15) is 0 Å². The van der Waals surface area contributed by atoms with Crippen LogP contribution in [0.25, 0.3) is 178 Å². The van der Waals surface area contributed by atoms with E-state index in [2.05, 4.69) is 264 Å². The summed E-state index contributed by atoms with van der Waals surface area (Å²) in [6.07, 6.45) is 0. The van der Waals surface area contributed by atoms with Gasteiger partial charge in [0.15, 0.2) is 17.5 Å². The molecule has 0 radical (unpaired) electrons. The summed E-state index contributed by atoms with van der Waals surface area (Å²) < 4.78 is 18.2. The minimum Gasteiger partial charge on any atom is -0.456 e. The van der Waals surface area contributed by atoms with E-state index in [1.165, 1.54) is 43.8 Å². The van der Waals surface area contributed by atoms with E-state index < -0.39 is 0 Å². The molecule has 18 rings (SSSR count). The van der Waals surface area contributed by atoms with Crippen molar-refractivity contribution in [2.75, 3.05) is 0 Å². The Kier molecular flexibility index (Phi) is 11.2. The van der Waals surface area contributed by atoms with Gasteiger partial charge in [0.25, 0.3) is 0 Å². The number of furan rings is 2. The van der Waals surface area contributed by atoms with Crippen molar-refractivity contribution in [2.24, 2.45) is 0 Å². The van der Waals surface area contributed by atoms with Gasteiger partial charge >= 0.3 is 0 Å². The third-order valence-corrected chi connectivity index (χ3v) is 17.6. The summed E-state index contributed by atoms with van der Waals surface area (Å²) in [7, 11) is 0. The van der Waals surface area contributed by atoms with Gasteiger partial charge in [0.05, 0.1) is 22.1 Å². The second kappa shape index (κ2) is 19.8. The van der Waals surface area contributed by atoms with Gasteiger partial charge in [-0.1, -0.05) is 188 Å². The SMILES string of the molecule is c1ccc(-c2ccc3c(c2)c2cc(-c4ccc5oc6cccc(-c7nc(-c8ccccc8)nc(-c8cccc9oc%10ccc(-c%11ccc%12c(c%11)c%11cc(-c%13ccccc%13)ccc%11n%12-c%11ccccc%11)cc%10c89)n7)c6c5c4)ccc2n3-c2ccccc2)cc1. The summed E-state index contributed by atoms with van der Waals surface area (Å²) >= 11 is 0. The van der Waals surface area contributed by atoms with Gasteiger partial charge < -0.3 is 18.0 Å². The lowest BCUT2D eigenvalue weighted by atomic mass is 9.98. The summed E-state index contributed by atoms with van der Waals surface area (Å²) in [5.41, 5.74) is 21.5. The lowest BCUT2D eigenvalue weighted by Crippen LogP contribution is -2.00. The molecule has 0 bridgehead atoms. The van der Waals surface area contributed by atoms with Crippen molar-refractivity contribution in [3.63, 3.8) is 0 Å². The first kappa shape index (κ1) is 49.5. The van der Waals surface area contributed by atoms with Crippen molar-refractivity contribution >= 4 is 87.5 Å². The van der Waals surface area contributed by atoms with Crippen molar-refractivity contribution < 1.29 is 8.83 Å². The number of benzene rings is 13. The lowest BCUT2D eigenvalue weighted by molar-refractivity contribution is 0.668. The molecule has 0 aliphatic rings. The highest BCUT2D eigenvalue weighted by Crippen LogP contribution is 2.44. The van der Waals surface area contributed by atoms with Crippen LogP contribution < -0.4 is 0 Å². The van der Waals surface area contributed by atoms with Gasteiger partial charge in [-0.25, -0.2) is 15.0 Å². The summed E-state index contributed by atoms with van der Waals surface area (Å²) in [6.45, 7) is 0. The molecule has 18 aromatic rings. The van der Waals surface area contributed by atoms with Gasteiger partial charge in [0, 0.05) is 71.2 Å². The maximum atomic E-state index is 6.72. The zero-order valence-electron chi connectivity index (χ0n) is 47.3. The zero-order chi connectivity index (χ0) is 57.8. The van der Waals surface area contributed by atoms with Crippen LogP contribution in [-0.2, 0) is 0 Å². The number of para-hydroxylation sites is 2. The van der Waals surface area contributed by atoms with Crippen molar-refractivity contribution in [1.82, 2.24) is 24.1 Å². The standard InChI is InChI=1S/C81H49N5O2/c1-6-18-50(19-7-1)53-32-38-69-63(44-53)65-46-55(34-40-71(65)85(69)59-24-12-4-13-25-59)57-36-42-73-67(48-57)77-61(28-16-30-75(77)87-73)80-82-79(52-22-10-3-11-23-52)83-81(84-80)62-29-17-31-76-78(62)68-49-58(37-43-74(68)88-76)56-35-41-72-66(47-56)64-45-54(51-20-8-2-9-21-51)33-39-70(64)86(72)60-26-14-5-15-27-60/h1-49H. The first-order valence-corrected chi connectivity index (χ1v) is 29.7. The van der Waals surface area contributed by atoms with E-state index >= 15 is 0 Å². The fourth-order valence-corrected chi connectivity index (χ4v) is 13.5. The first-order chi connectivity index (χ1) is 43.6. The molecular formula is C81H49N5O2. The van der Waals surface area contributed by atoms with E-state index in [4.69, 9.17) is 23.8 Å². The molecule has 0 unspecified atom stereocenters. The van der Waals surface area contributed by atoms with E-state index in [-0.39, 0.29) is 0 Å². The summed E-state index contributed by atoms with van der Waals surface area (Å²) in [5.74, 6) is 1.64. The molecule has 0 aliphatic heterocycles. The van der Waals surface area contributed by atoms with E-state index in [9.17, 15) is 0 Å². The molecule has 7 heteroatoms. The van der Waals surface area contributed by atoms with Crippen molar-refractivity contribution in [3.8, 4) is 90.0 Å². The topological polar surface area (TPSA) is 74.8 Å². The fraction of sp³-hybridized carbons (Fsp3) is 0. The van der Waals surface area contributed by atoms with Crippen LogP contribution in [0.4, 0.5) is 0 Å². The van der Waals surface area contributed by atoms with Gasteiger partial charge in [-0.05, 0) is 154 Å². The monoisotopic (exact) mass is 1120 g/mol. The van der Waals surface area contributed by atoms with Gasteiger partial charge in [-0.3, -0.25) is 0 Å². The molecule has 410 valence electrons. The molecule has 0 atom stereocenters. The Balaban J connectivity index is 0.782. The molecule has 88 heavy (non-hydrogen) atoms. The number of hydrogen-bond acceptors (Lipinski definition) is 5. The highest BCUT2D eigenvalue weighted by atomic mass is 16.3. The number of rotatable bonds is 9. The second-order valence-corrected chi connectivity index (χ2v) is 22.7. The summed E-state index contributed by atoms with van der Waals surface area (Å²) in [5, 5.41) is 8.55. The molecule has 0 aliphatic carbocycles. The number of aromatic nitrogens is 5. The maximum absolute atomic E-state index is 6.72. The highest BCUT2D eigenvalue weighted by molar-refractivity contribution is 6.17. The normalized spacial score (nSPS) is 11.9. The van der Waals surface area contributed by atoms with Crippen LogP contribution >= 0.6 is 0 Å². The van der Waals surface area contributed by atoms with Crippen LogP contribution in [0.2, 0.25) is 0 Å². The smallest absolute Gasteiger partial charge is 0.164 e. The Labute approximate surface area is 504 Å². The van der Waals surface area contributed by atoms with Crippen LogP contribution in [0.3, 0.4) is 0 Å². The Morgan fingerprint density at radius 3 is 0.898 bits per heavy atom. The van der Waals surface area contributed by atoms with Crippen LogP contribution in [0.5, 0.6) is 0 Å². The third kappa shape index (κ3) is 8.02. The number of hydrogen-bond donors (Lipinski definition) is 0. The molecule has 0 saturated heterocycles. The number of nitrogens with zero attached hydrogens (tertiary/aromatic N) is 5. The Bertz CT molecular complexity index is 5450. The Morgan fingerprint density at radius 1 is 0.216 bits per heavy atom. The molecule has 7 nitrogen and oxygen atoms in total. The van der Waals surface area contributed by atoms with Crippen LogP contribution in [0.15, 0.2) is 306 Å². The molecular weight excluding hydrogens is 1070 g/mol. The maximum Gasteiger partial charge on any atom is 0.164 e. The van der Waals surface area contributed by atoms with Gasteiger partial charge in [0.1, 0.15) is 22.3 Å². The predicted molar refractivity (Wildman–Crippen MR) is 361 cm³/mol. The van der Waals surface area contributed by atoms with E-state index in [0.717, 1.165) is 116 Å². The molecule has 5 heterocycles. The first-order valence-electron chi connectivity index (χ1n) is 29.7. The second-order valence-electron chi connectivity index (χ2n) is 22.7. The Morgan fingerprint density at radius 2 is 0.523 bits per heavy atom. The average Bonchev–Trinajstić information content (AvgIpc) is 2.61. The molecule has 0 fully saturated rings. The molecule has 13 aromatic carbocycles. The van der Waals surface area contributed by atoms with Gasteiger partial charge in [0.2, 0.25) is 0 Å². The van der Waals surface area contributed by atoms with Crippen LogP contribution in [-0.4, -0.2) is 24.1 Å². The van der Waals surface area contributed by atoms with Crippen LogP contribution in [0, 0.1) is 0 Å². The van der Waals surface area contributed by atoms with E-state index in [1.807, 2.05) is 42.5 Å². The molecule has 5 aromatic heterocycles. The minimum absolute atomic E-state index is 0.538. The Hall–Kier alpha value is -11.9. The van der Waals surface area contributed by atoms with Gasteiger partial charge in [-0.15, -0.1) is 0 Å². The van der Waals surface area contributed by atoms with Crippen molar-refractivity contribution in [2.45, 2.75) is 0 Å². The lowest BCUT2D eigenvalue weighted by Gasteiger charge is -2.10. The van der Waals surface area contributed by atoms with E-state index in [1.54, 1.807) is 0 Å². The van der Waals surface area contributed by atoms with E-state index in [0.29, 0.717) is 17.5 Å². The average molecular weight is 1120 g/mol. The molecule has 0 saturated carbocycles. The molecule has 0 amide bonds. The fourth-order valence-electron chi connectivity index (χ4n) is 13.5. The summed E-state index contributed by atoms with van der Waals surface area (Å²) in [6, 6.07) is 105. The zero-order valence-corrected chi connectivity index (χ0v) is 47.3. The molecule has 0 N–H and O–H groups in total. The highest BCUT2D eigenvalue weighted by Gasteiger charge is 2.23. The largest absolute Gasteiger partial charge is 0.456 e.